The Labute approximate surface area is 189 Å². The van der Waals surface area contributed by atoms with Crippen LogP contribution in [-0.2, 0) is 11.3 Å². The number of carbonyl (C=O) groups excluding carboxylic acids is 1. The van der Waals surface area contributed by atoms with Crippen molar-refractivity contribution in [1.82, 2.24) is 14.9 Å². The number of rotatable bonds is 8. The third kappa shape index (κ3) is 5.19. The topological polar surface area (TPSA) is 96.8 Å². The summed E-state index contributed by atoms with van der Waals surface area (Å²) in [5, 5.41) is 13.9. The van der Waals surface area contributed by atoms with Crippen LogP contribution in [0.15, 0.2) is 36.7 Å². The quantitative estimate of drug-likeness (QED) is 0.605. The number of ether oxygens (including phenoxy) is 2. The molecule has 172 valence electrons. The first-order valence-corrected chi connectivity index (χ1v) is 11.4. The summed E-state index contributed by atoms with van der Waals surface area (Å²) in [7, 11) is 1.35. The molecule has 0 amide bonds. The minimum absolute atomic E-state index is 0.339. The van der Waals surface area contributed by atoms with Gasteiger partial charge in [0.05, 0.1) is 13.2 Å². The Morgan fingerprint density at radius 1 is 1.19 bits per heavy atom. The number of anilines is 1. The number of benzene rings is 1. The van der Waals surface area contributed by atoms with E-state index in [1.807, 2.05) is 18.5 Å². The zero-order chi connectivity index (χ0) is 22.5. The van der Waals surface area contributed by atoms with Crippen molar-refractivity contribution in [3.8, 4) is 5.75 Å². The summed E-state index contributed by atoms with van der Waals surface area (Å²) < 4.78 is 11.0. The lowest BCUT2D eigenvalue weighted by Gasteiger charge is -2.35. The lowest BCUT2D eigenvalue weighted by molar-refractivity contribution is -0.0237. The molecular weight excluding hydrogens is 408 g/mol. The molecule has 8 heteroatoms. The number of para-hydroxylation sites is 1. The fraction of sp³-hybridized carbons (Fsp3) is 0.542. The molecule has 2 fully saturated rings. The minimum Gasteiger partial charge on any atom is -0.487 e. The Morgan fingerprint density at radius 2 is 1.91 bits per heavy atom. The second-order valence-electron chi connectivity index (χ2n) is 8.74. The predicted molar refractivity (Wildman–Crippen MR) is 121 cm³/mol. The molecule has 2 N–H and O–H groups in total. The highest BCUT2D eigenvalue weighted by atomic mass is 16.5. The maximum Gasteiger partial charge on any atom is 0.341 e. The number of hydrogen-bond donors (Lipinski definition) is 2. The van der Waals surface area contributed by atoms with Gasteiger partial charge in [-0.2, -0.15) is 0 Å². The minimum atomic E-state index is -0.561. The zero-order valence-corrected chi connectivity index (χ0v) is 18.7. The molecule has 1 saturated heterocycles. The number of nitrogens with one attached hydrogen (secondary N) is 1. The molecule has 1 saturated carbocycles. The van der Waals surface area contributed by atoms with Crippen LogP contribution in [-0.4, -0.2) is 64.9 Å². The van der Waals surface area contributed by atoms with Crippen molar-refractivity contribution in [3.63, 3.8) is 0 Å². The molecule has 1 aromatic carbocycles. The van der Waals surface area contributed by atoms with Gasteiger partial charge in [-0.25, -0.2) is 14.8 Å². The van der Waals surface area contributed by atoms with E-state index in [0.29, 0.717) is 35.5 Å². The van der Waals surface area contributed by atoms with Gasteiger partial charge in [0, 0.05) is 44.1 Å². The molecule has 32 heavy (non-hydrogen) atoms. The van der Waals surface area contributed by atoms with Crippen LogP contribution in [0.2, 0.25) is 0 Å². The summed E-state index contributed by atoms with van der Waals surface area (Å²) in [5.41, 5.74) is 1.47. The molecular formula is C24H32N4O4. The lowest BCUT2D eigenvalue weighted by atomic mass is 9.78. The number of aliphatic hydroxyl groups is 1. The van der Waals surface area contributed by atoms with Gasteiger partial charge in [-0.05, 0) is 43.2 Å². The molecule has 4 atom stereocenters. The van der Waals surface area contributed by atoms with Crippen molar-refractivity contribution in [1.29, 1.82) is 0 Å². The number of likely N-dealkylation sites (tertiary alicyclic amines) is 1. The normalized spacial score (nSPS) is 25.2. The van der Waals surface area contributed by atoms with E-state index in [1.165, 1.54) is 7.11 Å². The number of carbonyl (C=O) groups is 1. The molecule has 0 spiro atoms. The van der Waals surface area contributed by atoms with Crippen LogP contribution in [0.4, 0.5) is 5.95 Å². The van der Waals surface area contributed by atoms with E-state index in [4.69, 9.17) is 9.47 Å². The maximum atomic E-state index is 12.0. The van der Waals surface area contributed by atoms with Crippen molar-refractivity contribution in [2.45, 2.75) is 44.9 Å². The van der Waals surface area contributed by atoms with Gasteiger partial charge in [0.2, 0.25) is 5.95 Å². The standard InChI is InChI=1S/C24H32N4O4/c1-3-8-25-24-26-11-16(12-27-24)13-28-14-17-9-20(29)22(10-18(17)15-28)32-21-7-5-4-6-19(21)23(30)31-2/h4-7,11-12,17-18,20,22,29H,3,8-10,13-15H2,1-2H3,(H,25,26,27)/t17-,18+,20+,22+/m0/s1. The van der Waals surface area contributed by atoms with E-state index in [2.05, 4.69) is 27.1 Å². The average molecular weight is 441 g/mol. The second-order valence-corrected chi connectivity index (χ2v) is 8.74. The van der Waals surface area contributed by atoms with Crippen LogP contribution in [0, 0.1) is 11.8 Å². The van der Waals surface area contributed by atoms with Crippen molar-refractivity contribution in [2.24, 2.45) is 11.8 Å². The van der Waals surface area contributed by atoms with E-state index in [9.17, 15) is 9.90 Å². The smallest absolute Gasteiger partial charge is 0.341 e. The van der Waals surface area contributed by atoms with Gasteiger partial charge in [-0.3, -0.25) is 4.90 Å². The molecule has 0 radical (unpaired) electrons. The zero-order valence-electron chi connectivity index (χ0n) is 18.7. The van der Waals surface area contributed by atoms with E-state index < -0.39 is 12.1 Å². The molecule has 1 aliphatic heterocycles. The first-order chi connectivity index (χ1) is 15.6. The van der Waals surface area contributed by atoms with E-state index in [1.54, 1.807) is 18.2 Å². The van der Waals surface area contributed by atoms with Crippen LogP contribution in [0.3, 0.4) is 0 Å². The predicted octanol–water partition coefficient (Wildman–Crippen LogP) is 2.74. The van der Waals surface area contributed by atoms with Crippen molar-refractivity contribution >= 4 is 11.9 Å². The summed E-state index contributed by atoms with van der Waals surface area (Å²) in [6.45, 7) is 5.67. The lowest BCUT2D eigenvalue weighted by Crippen LogP contribution is -2.42. The van der Waals surface area contributed by atoms with E-state index in [-0.39, 0.29) is 6.10 Å². The van der Waals surface area contributed by atoms with Crippen LogP contribution in [0.5, 0.6) is 5.75 Å². The maximum absolute atomic E-state index is 12.0. The fourth-order valence-electron chi connectivity index (χ4n) is 4.78. The molecule has 8 nitrogen and oxygen atoms in total. The first-order valence-electron chi connectivity index (χ1n) is 11.4. The molecule has 2 heterocycles. The highest BCUT2D eigenvalue weighted by molar-refractivity contribution is 5.92. The third-order valence-corrected chi connectivity index (χ3v) is 6.38. The SMILES string of the molecule is CCCNc1ncc(CN2C[C@H]3C[C@@H](Oc4ccccc4C(=O)OC)[C@H](O)C[C@H]3C2)cn1. The molecule has 1 aromatic heterocycles. The number of hydrogen-bond acceptors (Lipinski definition) is 8. The van der Waals surface area contributed by atoms with Crippen LogP contribution in [0.25, 0.3) is 0 Å². The summed E-state index contributed by atoms with van der Waals surface area (Å²) in [4.78, 5) is 23.3. The summed E-state index contributed by atoms with van der Waals surface area (Å²) in [5.74, 6) is 1.58. The molecule has 1 aliphatic carbocycles. The number of aliphatic hydroxyl groups excluding tert-OH is 1. The number of methoxy groups -OCH3 is 1. The highest BCUT2D eigenvalue weighted by Gasteiger charge is 2.42. The monoisotopic (exact) mass is 440 g/mol. The number of esters is 1. The molecule has 0 bridgehead atoms. The van der Waals surface area contributed by atoms with Gasteiger partial charge >= 0.3 is 5.97 Å². The highest BCUT2D eigenvalue weighted by Crippen LogP contribution is 2.39. The Balaban J connectivity index is 1.35. The Hall–Kier alpha value is -2.71. The molecule has 0 unspecified atom stereocenters. The molecule has 2 aliphatic rings. The average Bonchev–Trinajstić information content (AvgIpc) is 3.19. The van der Waals surface area contributed by atoms with Gasteiger partial charge in [0.15, 0.2) is 0 Å². The Morgan fingerprint density at radius 3 is 2.62 bits per heavy atom. The summed E-state index contributed by atoms with van der Waals surface area (Å²) in [6.07, 6.45) is 5.36. The van der Waals surface area contributed by atoms with Gasteiger partial charge in [-0.1, -0.05) is 19.1 Å². The largest absolute Gasteiger partial charge is 0.487 e. The van der Waals surface area contributed by atoms with Crippen LogP contribution < -0.4 is 10.1 Å². The number of nitrogens with zero attached hydrogens (tertiary/aromatic N) is 3. The van der Waals surface area contributed by atoms with E-state index >= 15 is 0 Å². The van der Waals surface area contributed by atoms with Crippen LogP contribution >= 0.6 is 0 Å². The van der Waals surface area contributed by atoms with Gasteiger partial charge < -0.3 is 19.9 Å². The van der Waals surface area contributed by atoms with Gasteiger partial charge in [0.1, 0.15) is 17.4 Å². The Bertz CT molecular complexity index is 907. The van der Waals surface area contributed by atoms with E-state index in [0.717, 1.165) is 44.6 Å². The fourth-order valence-corrected chi connectivity index (χ4v) is 4.78. The molecule has 2 aromatic rings. The van der Waals surface area contributed by atoms with Crippen molar-refractivity contribution in [2.75, 3.05) is 32.1 Å². The third-order valence-electron chi connectivity index (χ3n) is 6.38. The summed E-state index contributed by atoms with van der Waals surface area (Å²) >= 11 is 0. The van der Waals surface area contributed by atoms with Crippen molar-refractivity contribution < 1.29 is 19.4 Å². The van der Waals surface area contributed by atoms with Gasteiger partial charge in [0.25, 0.3) is 0 Å². The Kier molecular flexibility index (Phi) is 7.22. The second kappa shape index (κ2) is 10.3. The summed E-state index contributed by atoms with van der Waals surface area (Å²) in [6, 6.07) is 7.03. The van der Waals surface area contributed by atoms with Crippen molar-refractivity contribution in [3.05, 3.63) is 47.8 Å². The van der Waals surface area contributed by atoms with Gasteiger partial charge in [-0.15, -0.1) is 0 Å². The molecule has 4 rings (SSSR count). The number of fused-ring (bicyclic) bond motifs is 1. The van der Waals surface area contributed by atoms with Crippen LogP contribution in [0.1, 0.15) is 42.1 Å². The first kappa shape index (κ1) is 22.5. The number of aromatic nitrogens is 2.